The van der Waals surface area contributed by atoms with E-state index in [-0.39, 0.29) is 55.8 Å². The second-order valence-corrected chi connectivity index (χ2v) is 13.2. The highest BCUT2D eigenvalue weighted by molar-refractivity contribution is 7.94. The van der Waals surface area contributed by atoms with Crippen molar-refractivity contribution in [1.82, 2.24) is 15.2 Å². The van der Waals surface area contributed by atoms with Crippen LogP contribution in [0.1, 0.15) is 56.9 Å². The van der Waals surface area contributed by atoms with E-state index < -0.39 is 56.9 Å². The van der Waals surface area contributed by atoms with Crippen molar-refractivity contribution in [2.45, 2.75) is 70.5 Å². The first-order valence-corrected chi connectivity index (χ1v) is 15.7. The number of ketones is 1. The van der Waals surface area contributed by atoms with Gasteiger partial charge in [-0.05, 0) is 25.3 Å². The molecular formula is C30H39N3O9S. The SMILES string of the molecule is C=CS(=O)(=O)C1CCN2C(=O)c3coc(n3)CC(=O)C[C@H](O)/C=C(C)\C=C/CNC(=O)/C=C\[C@@H](C)[C@@H](C(C)C)OC(=O)C12. The summed E-state index contributed by atoms with van der Waals surface area (Å²) in [5.41, 5.74) is 0.472. The second-order valence-electron chi connectivity index (χ2n) is 11.1. The molecule has 2 aliphatic rings. The van der Waals surface area contributed by atoms with E-state index in [1.54, 1.807) is 32.1 Å². The van der Waals surface area contributed by atoms with E-state index in [4.69, 9.17) is 9.15 Å². The van der Waals surface area contributed by atoms with E-state index in [0.29, 0.717) is 5.57 Å². The van der Waals surface area contributed by atoms with Crippen molar-refractivity contribution in [3.8, 4) is 0 Å². The largest absolute Gasteiger partial charge is 0.460 e. The summed E-state index contributed by atoms with van der Waals surface area (Å²) in [6.07, 6.45) is 6.47. The lowest BCUT2D eigenvalue weighted by atomic mass is 9.94. The number of aromatic nitrogens is 1. The Bertz CT molecular complexity index is 1420. The highest BCUT2D eigenvalue weighted by atomic mass is 32.2. The fraction of sp³-hybridized carbons (Fsp3) is 0.500. The summed E-state index contributed by atoms with van der Waals surface area (Å²) in [7, 11) is -3.99. The maximum absolute atomic E-state index is 13.6. The van der Waals surface area contributed by atoms with Crippen LogP contribution in [0.15, 0.2) is 58.6 Å². The van der Waals surface area contributed by atoms with Crippen molar-refractivity contribution < 1.29 is 41.9 Å². The molecule has 0 aromatic carbocycles. The highest BCUT2D eigenvalue weighted by Crippen LogP contribution is 2.30. The Labute approximate surface area is 251 Å². The van der Waals surface area contributed by atoms with Crippen LogP contribution in [0.25, 0.3) is 0 Å². The van der Waals surface area contributed by atoms with Gasteiger partial charge in [-0.15, -0.1) is 0 Å². The Morgan fingerprint density at radius 3 is 2.60 bits per heavy atom. The zero-order valence-electron chi connectivity index (χ0n) is 24.8. The number of ether oxygens (including phenoxy) is 1. The third-order valence-electron chi connectivity index (χ3n) is 7.26. The van der Waals surface area contributed by atoms with Crippen LogP contribution in [0.3, 0.4) is 0 Å². The quantitative estimate of drug-likeness (QED) is 0.478. The first kappa shape index (κ1) is 33.7. The van der Waals surface area contributed by atoms with Gasteiger partial charge in [0, 0.05) is 30.8 Å². The summed E-state index contributed by atoms with van der Waals surface area (Å²) in [6, 6.07) is -1.49. The van der Waals surface area contributed by atoms with Crippen molar-refractivity contribution in [1.29, 1.82) is 0 Å². The van der Waals surface area contributed by atoms with Gasteiger partial charge < -0.3 is 24.5 Å². The van der Waals surface area contributed by atoms with Crippen LogP contribution in [-0.2, 0) is 35.4 Å². The van der Waals surface area contributed by atoms with Crippen LogP contribution in [0.2, 0.25) is 0 Å². The minimum atomic E-state index is -3.99. The van der Waals surface area contributed by atoms with Crippen LogP contribution in [0.4, 0.5) is 0 Å². The monoisotopic (exact) mass is 617 g/mol. The van der Waals surface area contributed by atoms with Gasteiger partial charge in [0.25, 0.3) is 5.91 Å². The van der Waals surface area contributed by atoms with E-state index in [9.17, 15) is 32.7 Å². The molecule has 2 amide bonds. The van der Waals surface area contributed by atoms with Crippen LogP contribution in [0.5, 0.6) is 0 Å². The Balaban J connectivity index is 1.99. The maximum Gasteiger partial charge on any atom is 0.330 e. The van der Waals surface area contributed by atoms with Gasteiger partial charge in [0.15, 0.2) is 15.5 Å². The molecule has 1 aromatic rings. The molecule has 0 spiro atoms. The summed E-state index contributed by atoms with van der Waals surface area (Å²) in [5.74, 6) is -3.17. The van der Waals surface area contributed by atoms with E-state index >= 15 is 0 Å². The second kappa shape index (κ2) is 14.6. The Morgan fingerprint density at radius 1 is 1.21 bits per heavy atom. The zero-order valence-corrected chi connectivity index (χ0v) is 25.6. The normalized spacial score (nSPS) is 29.7. The van der Waals surface area contributed by atoms with Gasteiger partial charge >= 0.3 is 5.97 Å². The molecule has 0 radical (unpaired) electrons. The number of carbonyl (C=O) groups is 4. The summed E-state index contributed by atoms with van der Waals surface area (Å²) in [4.78, 5) is 57.2. The fourth-order valence-corrected chi connectivity index (χ4v) is 6.43. The fourth-order valence-electron chi connectivity index (χ4n) is 5.13. The molecule has 1 saturated heterocycles. The lowest BCUT2D eigenvalue weighted by Gasteiger charge is -2.30. The van der Waals surface area contributed by atoms with Crippen molar-refractivity contribution in [3.63, 3.8) is 0 Å². The van der Waals surface area contributed by atoms with Gasteiger partial charge in [-0.1, -0.05) is 57.2 Å². The molecule has 2 N–H and O–H groups in total. The first-order chi connectivity index (χ1) is 20.2. The van der Waals surface area contributed by atoms with E-state index in [1.807, 2.05) is 13.8 Å². The van der Waals surface area contributed by atoms with Crippen LogP contribution in [-0.4, -0.2) is 83.6 Å². The molecule has 2 unspecified atom stereocenters. The molecule has 5 atom stereocenters. The smallest absolute Gasteiger partial charge is 0.330 e. The van der Waals surface area contributed by atoms with Crippen molar-refractivity contribution in [2.75, 3.05) is 13.1 Å². The van der Waals surface area contributed by atoms with Crippen LogP contribution < -0.4 is 5.32 Å². The molecule has 234 valence electrons. The number of Topliss-reactive ketones (excluding diaryl/α,β-unsaturated/α-hetero) is 1. The molecule has 2 bridgehead atoms. The third-order valence-corrected chi connectivity index (χ3v) is 9.07. The molecule has 0 aliphatic carbocycles. The van der Waals surface area contributed by atoms with Gasteiger partial charge in [-0.25, -0.2) is 18.2 Å². The predicted octanol–water partition coefficient (Wildman–Crippen LogP) is 2.07. The number of fused-ring (bicyclic) bond motifs is 3. The number of hydrogen-bond acceptors (Lipinski definition) is 10. The number of allylic oxidation sites excluding steroid dienone is 2. The average Bonchev–Trinajstić information content (AvgIpc) is 3.59. The number of oxazole rings is 1. The maximum atomic E-state index is 13.6. The van der Waals surface area contributed by atoms with Crippen molar-refractivity contribution >= 4 is 33.4 Å². The van der Waals surface area contributed by atoms with Crippen LogP contribution >= 0.6 is 0 Å². The molecule has 2 aliphatic heterocycles. The van der Waals surface area contributed by atoms with Gasteiger partial charge in [0.05, 0.1) is 17.8 Å². The zero-order chi connectivity index (χ0) is 31.9. The summed E-state index contributed by atoms with van der Waals surface area (Å²) < 4.78 is 36.9. The van der Waals surface area contributed by atoms with Gasteiger partial charge in [-0.2, -0.15) is 0 Å². The number of sulfone groups is 1. The van der Waals surface area contributed by atoms with Gasteiger partial charge in [-0.3, -0.25) is 14.4 Å². The summed E-state index contributed by atoms with van der Waals surface area (Å²) in [6.45, 7) is 10.6. The minimum absolute atomic E-state index is 0.0374. The standard InChI is InChI=1S/C30H39N3O9S/c1-6-43(39,40)24-11-13-33-27(24)30(38)42-28(18(2)3)20(5)9-10-25(36)31-12-7-8-19(4)14-21(34)15-22(35)16-26-32-23(17-41-26)29(33)37/h6-10,14,17-18,20-21,24,27-28,34H,1,11-13,15-16H2,2-5H3,(H,31,36)/b8-7-,10-9-,19-14-/t20-,21-,24?,27?,28-/m1/s1. The van der Waals surface area contributed by atoms with E-state index in [2.05, 4.69) is 16.9 Å². The first-order valence-electron chi connectivity index (χ1n) is 14.1. The number of amides is 2. The van der Waals surface area contributed by atoms with Crippen molar-refractivity contribution in [3.05, 3.63) is 65.8 Å². The Kier molecular flexibility index (Phi) is 11.4. The number of aliphatic hydroxyl groups excluding tert-OH is 1. The number of cyclic esters (lactones) is 1. The van der Waals surface area contributed by atoms with Gasteiger partial charge in [0.1, 0.15) is 24.2 Å². The highest BCUT2D eigenvalue weighted by Gasteiger charge is 2.49. The van der Waals surface area contributed by atoms with E-state index in [1.165, 1.54) is 12.2 Å². The van der Waals surface area contributed by atoms with Gasteiger partial charge in [0.2, 0.25) is 11.8 Å². The summed E-state index contributed by atoms with van der Waals surface area (Å²) in [5, 5.41) is 12.5. The molecule has 1 fully saturated rings. The lowest BCUT2D eigenvalue weighted by Crippen LogP contribution is -2.49. The number of carbonyl (C=O) groups excluding carboxylic acids is 4. The molecule has 43 heavy (non-hydrogen) atoms. The minimum Gasteiger partial charge on any atom is -0.460 e. The third kappa shape index (κ3) is 8.83. The predicted molar refractivity (Wildman–Crippen MR) is 157 cm³/mol. The number of nitrogens with zero attached hydrogens (tertiary/aromatic N) is 2. The lowest BCUT2D eigenvalue weighted by molar-refractivity contribution is -0.157. The number of aliphatic hydroxyl groups is 1. The molecule has 12 nitrogen and oxygen atoms in total. The molecule has 0 saturated carbocycles. The summed E-state index contributed by atoms with van der Waals surface area (Å²) >= 11 is 0. The Hall–Kier alpha value is -3.84. The van der Waals surface area contributed by atoms with Crippen molar-refractivity contribution in [2.24, 2.45) is 11.8 Å². The molecule has 13 heteroatoms. The number of rotatable bonds is 3. The molecular weight excluding hydrogens is 578 g/mol. The van der Waals surface area contributed by atoms with Crippen LogP contribution in [0, 0.1) is 11.8 Å². The number of hydrogen-bond donors (Lipinski definition) is 2. The number of esters is 1. The molecule has 1 aromatic heterocycles. The van der Waals surface area contributed by atoms with E-state index in [0.717, 1.165) is 16.6 Å². The number of nitrogens with one attached hydrogen (secondary N) is 1. The molecule has 3 heterocycles. The molecule has 3 rings (SSSR count). The average molecular weight is 618 g/mol. The Morgan fingerprint density at radius 2 is 1.93 bits per heavy atom. The topological polar surface area (TPSA) is 173 Å².